The van der Waals surface area contributed by atoms with Crippen molar-refractivity contribution >= 4 is 23.4 Å². The molecule has 1 aliphatic rings. The topological polar surface area (TPSA) is 58.6 Å². The summed E-state index contributed by atoms with van der Waals surface area (Å²) in [5.41, 5.74) is 4.45. The second-order valence-corrected chi connectivity index (χ2v) is 8.85. The van der Waals surface area contributed by atoms with Gasteiger partial charge < -0.3 is 14.5 Å². The van der Waals surface area contributed by atoms with E-state index >= 15 is 0 Å². The van der Waals surface area contributed by atoms with Crippen LogP contribution in [0.4, 0.5) is 5.82 Å². The Balaban J connectivity index is 1.29. The number of hydrogen-bond donors (Lipinski definition) is 0. The Hall–Kier alpha value is -4.45. The van der Waals surface area contributed by atoms with E-state index in [1.165, 1.54) is 0 Å². The van der Waals surface area contributed by atoms with Crippen LogP contribution in [0.3, 0.4) is 0 Å². The van der Waals surface area contributed by atoms with Gasteiger partial charge in [0.15, 0.2) is 5.82 Å². The van der Waals surface area contributed by atoms with E-state index in [2.05, 4.69) is 15.1 Å². The van der Waals surface area contributed by atoms with Gasteiger partial charge in [-0.05, 0) is 48.4 Å². The molecule has 1 saturated heterocycles. The van der Waals surface area contributed by atoms with Gasteiger partial charge in [0.05, 0.1) is 12.3 Å². The highest BCUT2D eigenvalue weighted by Crippen LogP contribution is 2.24. The molecule has 186 valence electrons. The van der Waals surface area contributed by atoms with Gasteiger partial charge in [0.2, 0.25) is 0 Å². The molecular formula is C31H30N4O2. The summed E-state index contributed by atoms with van der Waals surface area (Å²) in [6.07, 6.45) is 1.97. The molecule has 1 aromatic heterocycles. The van der Waals surface area contributed by atoms with Crippen molar-refractivity contribution in [1.29, 1.82) is 0 Å². The average molecular weight is 491 g/mol. The standard InChI is InChI=1S/C31H30N4O2/c1-2-37-27-15-13-24(14-16-27)23-28(25-9-5-3-6-10-25)31(36)35-21-19-34(20-22-35)30-18-17-29(32-33-30)26-11-7-4-8-12-26/h3-18,23H,2,19-22H2,1H3/b28-23+. The van der Waals surface area contributed by atoms with Crippen LogP contribution in [0.15, 0.2) is 97.1 Å². The van der Waals surface area contributed by atoms with Gasteiger partial charge in [0, 0.05) is 37.3 Å². The van der Waals surface area contributed by atoms with Crippen LogP contribution in [-0.2, 0) is 4.79 Å². The monoisotopic (exact) mass is 490 g/mol. The van der Waals surface area contributed by atoms with Gasteiger partial charge >= 0.3 is 0 Å². The first kappa shape index (κ1) is 24.3. The molecule has 5 rings (SSSR count). The molecule has 0 N–H and O–H groups in total. The lowest BCUT2D eigenvalue weighted by molar-refractivity contribution is -0.125. The Labute approximate surface area is 217 Å². The lowest BCUT2D eigenvalue weighted by Crippen LogP contribution is -2.49. The Morgan fingerprint density at radius 2 is 1.49 bits per heavy atom. The summed E-state index contributed by atoms with van der Waals surface area (Å²) in [6.45, 7) is 5.24. The molecule has 37 heavy (non-hydrogen) atoms. The fourth-order valence-electron chi connectivity index (χ4n) is 4.45. The molecule has 1 aliphatic heterocycles. The number of nitrogens with zero attached hydrogens (tertiary/aromatic N) is 4. The second-order valence-electron chi connectivity index (χ2n) is 8.85. The number of carbonyl (C=O) groups excluding carboxylic acids is 1. The quantitative estimate of drug-likeness (QED) is 0.255. The van der Waals surface area contributed by atoms with Crippen molar-refractivity contribution in [3.05, 3.63) is 108 Å². The fraction of sp³-hybridized carbons (Fsp3) is 0.194. The molecule has 0 aliphatic carbocycles. The minimum Gasteiger partial charge on any atom is -0.494 e. The van der Waals surface area contributed by atoms with Crippen molar-refractivity contribution in [1.82, 2.24) is 15.1 Å². The number of rotatable bonds is 7. The third kappa shape index (κ3) is 5.86. The van der Waals surface area contributed by atoms with E-state index in [0.29, 0.717) is 38.4 Å². The first-order chi connectivity index (χ1) is 18.2. The molecule has 0 unspecified atom stereocenters. The zero-order valence-electron chi connectivity index (χ0n) is 21.0. The second kappa shape index (κ2) is 11.5. The van der Waals surface area contributed by atoms with E-state index in [0.717, 1.165) is 34.0 Å². The maximum Gasteiger partial charge on any atom is 0.254 e. The number of carbonyl (C=O) groups is 1. The van der Waals surface area contributed by atoms with Crippen LogP contribution in [0.25, 0.3) is 22.9 Å². The molecule has 0 atom stereocenters. The smallest absolute Gasteiger partial charge is 0.254 e. The average Bonchev–Trinajstić information content (AvgIpc) is 2.98. The van der Waals surface area contributed by atoms with Gasteiger partial charge in [-0.25, -0.2) is 0 Å². The first-order valence-electron chi connectivity index (χ1n) is 12.6. The van der Waals surface area contributed by atoms with E-state index in [4.69, 9.17) is 4.74 Å². The summed E-state index contributed by atoms with van der Waals surface area (Å²) in [5, 5.41) is 8.88. The molecule has 0 radical (unpaired) electrons. The van der Waals surface area contributed by atoms with Crippen LogP contribution in [0.2, 0.25) is 0 Å². The van der Waals surface area contributed by atoms with Gasteiger partial charge in [-0.3, -0.25) is 4.79 Å². The number of benzene rings is 3. The molecule has 0 bridgehead atoms. The summed E-state index contributed by atoms with van der Waals surface area (Å²) in [5.74, 6) is 1.69. The van der Waals surface area contributed by atoms with Crippen LogP contribution in [-0.4, -0.2) is 53.8 Å². The molecular weight excluding hydrogens is 460 g/mol. The first-order valence-corrected chi connectivity index (χ1v) is 12.6. The summed E-state index contributed by atoms with van der Waals surface area (Å²) in [4.78, 5) is 17.8. The van der Waals surface area contributed by atoms with E-state index in [9.17, 15) is 4.79 Å². The molecule has 4 aromatic rings. The van der Waals surface area contributed by atoms with Crippen LogP contribution in [0.1, 0.15) is 18.1 Å². The summed E-state index contributed by atoms with van der Waals surface area (Å²) >= 11 is 0. The Bertz CT molecular complexity index is 1330. The van der Waals surface area contributed by atoms with Crippen molar-refractivity contribution in [2.75, 3.05) is 37.7 Å². The number of aromatic nitrogens is 2. The van der Waals surface area contributed by atoms with Gasteiger partial charge in [0.25, 0.3) is 5.91 Å². The zero-order chi connectivity index (χ0) is 25.5. The summed E-state index contributed by atoms with van der Waals surface area (Å²) in [6, 6.07) is 31.7. The molecule has 0 saturated carbocycles. The van der Waals surface area contributed by atoms with Crippen LogP contribution < -0.4 is 9.64 Å². The molecule has 1 fully saturated rings. The Morgan fingerprint density at radius 1 is 0.811 bits per heavy atom. The van der Waals surface area contributed by atoms with Crippen molar-refractivity contribution in [3.63, 3.8) is 0 Å². The minimum absolute atomic E-state index is 0.0326. The summed E-state index contributed by atoms with van der Waals surface area (Å²) < 4.78 is 5.56. The van der Waals surface area contributed by atoms with E-state index in [1.807, 2.05) is 115 Å². The Morgan fingerprint density at radius 3 is 2.11 bits per heavy atom. The molecule has 2 heterocycles. The molecule has 0 spiro atoms. The van der Waals surface area contributed by atoms with Crippen LogP contribution in [0, 0.1) is 0 Å². The van der Waals surface area contributed by atoms with Gasteiger partial charge in [-0.1, -0.05) is 72.8 Å². The Kier molecular flexibility index (Phi) is 7.55. The third-order valence-electron chi connectivity index (χ3n) is 6.43. The molecule has 1 amide bonds. The highest BCUT2D eigenvalue weighted by atomic mass is 16.5. The maximum absolute atomic E-state index is 13.7. The molecule has 6 nitrogen and oxygen atoms in total. The van der Waals surface area contributed by atoms with Crippen molar-refractivity contribution in [2.45, 2.75) is 6.92 Å². The number of anilines is 1. The number of ether oxygens (including phenoxy) is 1. The van der Waals surface area contributed by atoms with E-state index in [-0.39, 0.29) is 5.91 Å². The van der Waals surface area contributed by atoms with E-state index < -0.39 is 0 Å². The predicted octanol–water partition coefficient (Wildman–Crippen LogP) is 5.43. The maximum atomic E-state index is 13.7. The summed E-state index contributed by atoms with van der Waals surface area (Å²) in [7, 11) is 0. The lowest BCUT2D eigenvalue weighted by atomic mass is 10.0. The molecule has 6 heteroatoms. The normalized spacial score (nSPS) is 13.9. The third-order valence-corrected chi connectivity index (χ3v) is 6.43. The van der Waals surface area contributed by atoms with Gasteiger partial charge in [-0.2, -0.15) is 0 Å². The van der Waals surface area contributed by atoms with Crippen molar-refractivity contribution in [3.8, 4) is 17.0 Å². The highest BCUT2D eigenvalue weighted by Gasteiger charge is 2.25. The number of amides is 1. The number of piperazine rings is 1. The lowest BCUT2D eigenvalue weighted by Gasteiger charge is -2.35. The highest BCUT2D eigenvalue weighted by molar-refractivity contribution is 6.24. The fourth-order valence-corrected chi connectivity index (χ4v) is 4.45. The minimum atomic E-state index is 0.0326. The van der Waals surface area contributed by atoms with Crippen molar-refractivity contribution < 1.29 is 9.53 Å². The van der Waals surface area contributed by atoms with Crippen molar-refractivity contribution in [2.24, 2.45) is 0 Å². The van der Waals surface area contributed by atoms with Gasteiger partial charge in [0.1, 0.15) is 5.75 Å². The predicted molar refractivity (Wildman–Crippen MR) is 148 cm³/mol. The SMILES string of the molecule is CCOc1ccc(/C=C(/C(=O)N2CCN(c3ccc(-c4ccccc4)nn3)CC2)c2ccccc2)cc1. The molecule has 3 aromatic carbocycles. The zero-order valence-corrected chi connectivity index (χ0v) is 21.0. The van der Waals surface area contributed by atoms with Crippen LogP contribution in [0.5, 0.6) is 5.75 Å². The van der Waals surface area contributed by atoms with Crippen LogP contribution >= 0.6 is 0 Å². The van der Waals surface area contributed by atoms with Gasteiger partial charge in [-0.15, -0.1) is 10.2 Å². The largest absolute Gasteiger partial charge is 0.494 e. The van der Waals surface area contributed by atoms with E-state index in [1.54, 1.807) is 0 Å². The number of hydrogen-bond acceptors (Lipinski definition) is 5.